The van der Waals surface area contributed by atoms with Gasteiger partial charge in [-0.3, -0.25) is 19.3 Å². The van der Waals surface area contributed by atoms with Crippen LogP contribution in [0.15, 0.2) is 54.6 Å². The fourth-order valence-corrected chi connectivity index (χ4v) is 5.15. The number of carbonyl (C=O) groups is 3. The number of aryl methyl sites for hydroxylation is 1. The third kappa shape index (κ3) is 5.90. The van der Waals surface area contributed by atoms with Crippen molar-refractivity contribution in [3.63, 3.8) is 0 Å². The number of esters is 1. The van der Waals surface area contributed by atoms with Gasteiger partial charge in [-0.25, -0.2) is 0 Å². The highest BCUT2D eigenvalue weighted by atomic mass is 16.5. The lowest BCUT2D eigenvalue weighted by molar-refractivity contribution is -0.160. The maximum Gasteiger partial charge on any atom is 0.317 e. The van der Waals surface area contributed by atoms with E-state index < -0.39 is 5.41 Å². The minimum absolute atomic E-state index is 0.0109. The fourth-order valence-electron chi connectivity index (χ4n) is 5.15. The Morgan fingerprint density at radius 3 is 2.17 bits per heavy atom. The number of ether oxygens (including phenoxy) is 1. The lowest BCUT2D eigenvalue weighted by Gasteiger charge is -2.40. The number of hydrogen-bond acceptors (Lipinski definition) is 5. The molecule has 35 heavy (non-hydrogen) atoms. The molecule has 7 heteroatoms. The summed E-state index contributed by atoms with van der Waals surface area (Å²) >= 11 is 0. The predicted octanol–water partition coefficient (Wildman–Crippen LogP) is 2.76. The van der Waals surface area contributed by atoms with Gasteiger partial charge in [-0.05, 0) is 30.9 Å². The molecule has 0 N–H and O–H groups in total. The zero-order valence-corrected chi connectivity index (χ0v) is 20.7. The summed E-state index contributed by atoms with van der Waals surface area (Å²) in [4.78, 5) is 43.9. The van der Waals surface area contributed by atoms with Crippen LogP contribution >= 0.6 is 0 Å². The second kappa shape index (κ2) is 11.0. The Bertz CT molecular complexity index is 1040. The smallest absolute Gasteiger partial charge is 0.317 e. The van der Waals surface area contributed by atoms with E-state index in [0.717, 1.165) is 25.2 Å². The van der Waals surface area contributed by atoms with Gasteiger partial charge in [0.05, 0.1) is 5.41 Å². The third-order valence-electron chi connectivity index (χ3n) is 7.32. The van der Waals surface area contributed by atoms with Crippen molar-refractivity contribution in [2.45, 2.75) is 38.6 Å². The number of benzene rings is 2. The summed E-state index contributed by atoms with van der Waals surface area (Å²) in [5.41, 5.74) is 2.57. The van der Waals surface area contributed by atoms with Gasteiger partial charge in [-0.15, -0.1) is 0 Å². The first-order valence-electron chi connectivity index (χ1n) is 12.4. The summed E-state index contributed by atoms with van der Waals surface area (Å²) in [6.45, 7) is 8.09. The minimum atomic E-state index is -0.833. The van der Waals surface area contributed by atoms with Crippen molar-refractivity contribution in [1.29, 1.82) is 0 Å². The van der Waals surface area contributed by atoms with Crippen molar-refractivity contribution in [1.82, 2.24) is 14.7 Å². The van der Waals surface area contributed by atoms with Crippen LogP contribution < -0.4 is 0 Å². The lowest BCUT2D eigenvalue weighted by Crippen LogP contribution is -2.51. The molecule has 186 valence electrons. The Hall–Kier alpha value is -3.19. The highest BCUT2D eigenvalue weighted by Gasteiger charge is 2.45. The highest BCUT2D eigenvalue weighted by Crippen LogP contribution is 2.37. The molecule has 0 spiro atoms. The van der Waals surface area contributed by atoms with Gasteiger partial charge in [0.15, 0.2) is 6.61 Å². The van der Waals surface area contributed by atoms with Crippen molar-refractivity contribution in [3.05, 3.63) is 71.3 Å². The molecule has 4 rings (SSSR count). The van der Waals surface area contributed by atoms with Crippen LogP contribution in [-0.2, 0) is 31.1 Å². The zero-order valence-electron chi connectivity index (χ0n) is 20.7. The van der Waals surface area contributed by atoms with Crippen molar-refractivity contribution in [2.75, 3.05) is 45.9 Å². The van der Waals surface area contributed by atoms with Crippen molar-refractivity contribution in [3.8, 4) is 0 Å². The van der Waals surface area contributed by atoms with E-state index in [9.17, 15) is 14.4 Å². The topological polar surface area (TPSA) is 70.2 Å². The number of rotatable bonds is 6. The number of likely N-dealkylation sites (tertiary alicyclic amines) is 1. The van der Waals surface area contributed by atoms with Crippen LogP contribution in [0.3, 0.4) is 0 Å². The van der Waals surface area contributed by atoms with E-state index in [1.165, 1.54) is 11.1 Å². The van der Waals surface area contributed by atoms with Crippen LogP contribution in [-0.4, -0.2) is 78.4 Å². The summed E-state index contributed by atoms with van der Waals surface area (Å²) in [5, 5.41) is 0. The Labute approximate surface area is 207 Å². The van der Waals surface area contributed by atoms with Crippen LogP contribution in [0.5, 0.6) is 0 Å². The Morgan fingerprint density at radius 1 is 0.857 bits per heavy atom. The van der Waals surface area contributed by atoms with Gasteiger partial charge >= 0.3 is 5.97 Å². The molecule has 2 aliphatic heterocycles. The van der Waals surface area contributed by atoms with Crippen LogP contribution in [0.1, 0.15) is 36.5 Å². The Kier molecular flexibility index (Phi) is 7.86. The van der Waals surface area contributed by atoms with Crippen LogP contribution in [0.4, 0.5) is 0 Å². The second-order valence-electron chi connectivity index (χ2n) is 9.68. The SMILES string of the molecule is CC(=O)N1CCC(C(=O)OCC(=O)N2CCN(Cc3cccc(C)c3)CC2)(c2ccccc2)CC1. The first-order chi connectivity index (χ1) is 16.9. The molecule has 0 aromatic heterocycles. The number of nitrogens with zero attached hydrogens (tertiary/aromatic N) is 3. The number of amides is 2. The van der Waals surface area contributed by atoms with Gasteiger partial charge in [0.2, 0.25) is 5.91 Å². The molecule has 0 unspecified atom stereocenters. The molecular formula is C28H35N3O4. The molecule has 2 amide bonds. The van der Waals surface area contributed by atoms with Gasteiger partial charge in [-0.2, -0.15) is 0 Å². The van der Waals surface area contributed by atoms with Gasteiger partial charge in [0.25, 0.3) is 5.91 Å². The first-order valence-corrected chi connectivity index (χ1v) is 12.4. The molecule has 0 radical (unpaired) electrons. The van der Waals surface area contributed by atoms with E-state index in [4.69, 9.17) is 4.74 Å². The van der Waals surface area contributed by atoms with Gasteiger partial charge in [0, 0.05) is 52.7 Å². The monoisotopic (exact) mass is 477 g/mol. The molecule has 0 aliphatic carbocycles. The molecule has 0 atom stereocenters. The minimum Gasteiger partial charge on any atom is -0.455 e. The molecule has 0 saturated carbocycles. The second-order valence-corrected chi connectivity index (χ2v) is 9.68. The molecule has 7 nitrogen and oxygen atoms in total. The summed E-state index contributed by atoms with van der Waals surface area (Å²) in [5.74, 6) is -0.520. The Balaban J connectivity index is 1.32. The average molecular weight is 478 g/mol. The number of hydrogen-bond donors (Lipinski definition) is 0. The molecule has 2 aliphatic rings. The average Bonchev–Trinajstić information content (AvgIpc) is 2.88. The van der Waals surface area contributed by atoms with Crippen molar-refractivity contribution < 1.29 is 19.1 Å². The summed E-state index contributed by atoms with van der Waals surface area (Å²) < 4.78 is 5.64. The molecule has 2 aromatic carbocycles. The molecule has 0 bridgehead atoms. The third-order valence-corrected chi connectivity index (χ3v) is 7.32. The number of carbonyl (C=O) groups excluding carboxylic acids is 3. The largest absolute Gasteiger partial charge is 0.455 e. The Morgan fingerprint density at radius 2 is 1.54 bits per heavy atom. The van der Waals surface area contributed by atoms with Gasteiger partial charge in [-0.1, -0.05) is 60.2 Å². The van der Waals surface area contributed by atoms with Crippen LogP contribution in [0.25, 0.3) is 0 Å². The summed E-state index contributed by atoms with van der Waals surface area (Å²) in [6, 6.07) is 18.1. The molecular weight excluding hydrogens is 442 g/mol. The van der Waals surface area contributed by atoms with E-state index in [0.29, 0.717) is 39.0 Å². The summed E-state index contributed by atoms with van der Waals surface area (Å²) in [6.07, 6.45) is 0.975. The lowest BCUT2D eigenvalue weighted by atomic mass is 9.72. The van der Waals surface area contributed by atoms with Gasteiger partial charge in [0.1, 0.15) is 0 Å². The number of piperidine rings is 1. The van der Waals surface area contributed by atoms with E-state index in [-0.39, 0.29) is 24.4 Å². The fraction of sp³-hybridized carbons (Fsp3) is 0.464. The van der Waals surface area contributed by atoms with E-state index >= 15 is 0 Å². The summed E-state index contributed by atoms with van der Waals surface area (Å²) in [7, 11) is 0. The van der Waals surface area contributed by atoms with Crippen molar-refractivity contribution >= 4 is 17.8 Å². The molecule has 2 aromatic rings. The molecule has 2 heterocycles. The van der Waals surface area contributed by atoms with Crippen LogP contribution in [0.2, 0.25) is 0 Å². The van der Waals surface area contributed by atoms with Crippen LogP contribution in [0, 0.1) is 6.92 Å². The quantitative estimate of drug-likeness (QED) is 0.599. The maximum atomic E-state index is 13.4. The first kappa shape index (κ1) is 24.9. The van der Waals surface area contributed by atoms with E-state index in [1.54, 1.807) is 16.7 Å². The number of piperazine rings is 1. The van der Waals surface area contributed by atoms with Gasteiger partial charge < -0.3 is 14.5 Å². The standard InChI is InChI=1S/C28H35N3O4/c1-22-7-6-8-24(19-22)20-29-15-17-31(18-16-29)26(33)21-35-27(34)28(25-9-4-3-5-10-25)11-13-30(14-12-28)23(2)32/h3-10,19H,11-18,20-21H2,1-2H3. The highest BCUT2D eigenvalue weighted by molar-refractivity contribution is 5.87. The van der Waals surface area contributed by atoms with E-state index in [1.807, 2.05) is 30.3 Å². The molecule has 2 saturated heterocycles. The maximum absolute atomic E-state index is 13.4. The normalized spacial score (nSPS) is 18.2. The predicted molar refractivity (Wildman–Crippen MR) is 134 cm³/mol. The van der Waals surface area contributed by atoms with Crippen molar-refractivity contribution in [2.24, 2.45) is 0 Å². The molecule has 2 fully saturated rings. The zero-order chi connectivity index (χ0) is 24.8. The van der Waals surface area contributed by atoms with E-state index in [2.05, 4.69) is 36.1 Å².